The van der Waals surface area contributed by atoms with E-state index >= 15 is 0 Å². The van der Waals surface area contributed by atoms with Gasteiger partial charge in [-0.25, -0.2) is 23.7 Å². The van der Waals surface area contributed by atoms with Crippen molar-refractivity contribution in [1.29, 1.82) is 0 Å². The van der Waals surface area contributed by atoms with Crippen molar-refractivity contribution in [3.63, 3.8) is 0 Å². The van der Waals surface area contributed by atoms with Gasteiger partial charge in [-0.05, 0) is 25.2 Å². The molecular formula is C25H35F2N7O2. The molecule has 2 atom stereocenters. The maximum Gasteiger partial charge on any atom is 0.246 e. The van der Waals surface area contributed by atoms with E-state index in [-0.39, 0.29) is 24.3 Å². The predicted molar refractivity (Wildman–Crippen MR) is 132 cm³/mol. The number of alkyl halides is 2. The number of halogens is 2. The average molecular weight is 504 g/mol. The van der Waals surface area contributed by atoms with Crippen LogP contribution < -0.4 is 10.2 Å². The molecule has 2 N–H and O–H groups in total. The summed E-state index contributed by atoms with van der Waals surface area (Å²) in [6, 6.07) is 0. The zero-order valence-corrected chi connectivity index (χ0v) is 20.9. The van der Waals surface area contributed by atoms with Gasteiger partial charge >= 0.3 is 0 Å². The van der Waals surface area contributed by atoms with E-state index in [1.165, 1.54) is 6.33 Å². The number of aromatic nitrogens is 4. The molecule has 11 heteroatoms. The second-order valence-electron chi connectivity index (χ2n) is 10.5. The summed E-state index contributed by atoms with van der Waals surface area (Å²) in [6.07, 6.45) is 2.86. The molecule has 0 aliphatic carbocycles. The third-order valence-corrected chi connectivity index (χ3v) is 7.68. The molecule has 36 heavy (non-hydrogen) atoms. The fraction of sp³-hybridized carbons (Fsp3) is 0.680. The Kier molecular flexibility index (Phi) is 7.21. The van der Waals surface area contributed by atoms with Gasteiger partial charge in [0, 0.05) is 63.4 Å². The summed E-state index contributed by atoms with van der Waals surface area (Å²) >= 11 is 0. The number of nitrogens with one attached hydrogen (secondary N) is 1. The van der Waals surface area contributed by atoms with E-state index in [0.717, 1.165) is 57.0 Å². The molecule has 3 aliphatic rings. The van der Waals surface area contributed by atoms with Crippen LogP contribution in [-0.2, 0) is 11.3 Å². The Morgan fingerprint density at radius 3 is 2.58 bits per heavy atom. The molecule has 9 nitrogen and oxygen atoms in total. The number of fused-ring (bicyclic) bond motifs is 1. The van der Waals surface area contributed by atoms with Crippen LogP contribution in [0.15, 0.2) is 12.5 Å². The van der Waals surface area contributed by atoms with Gasteiger partial charge in [0.15, 0.2) is 0 Å². The van der Waals surface area contributed by atoms with E-state index in [4.69, 9.17) is 4.98 Å². The van der Waals surface area contributed by atoms with Gasteiger partial charge in [0.25, 0.3) is 0 Å². The lowest BCUT2D eigenvalue weighted by Gasteiger charge is -2.36. The van der Waals surface area contributed by atoms with Gasteiger partial charge in [-0.15, -0.1) is 0 Å². The molecule has 2 aromatic heterocycles. The van der Waals surface area contributed by atoms with Crippen molar-refractivity contribution in [2.75, 3.05) is 42.9 Å². The van der Waals surface area contributed by atoms with E-state index in [1.807, 2.05) is 4.90 Å². The van der Waals surface area contributed by atoms with Crippen LogP contribution in [0.3, 0.4) is 0 Å². The van der Waals surface area contributed by atoms with Gasteiger partial charge in [0.05, 0.1) is 17.7 Å². The van der Waals surface area contributed by atoms with Crippen molar-refractivity contribution in [1.82, 2.24) is 24.4 Å². The minimum absolute atomic E-state index is 0.202. The van der Waals surface area contributed by atoms with E-state index in [0.29, 0.717) is 30.4 Å². The van der Waals surface area contributed by atoms with Gasteiger partial charge in [-0.1, -0.05) is 13.8 Å². The summed E-state index contributed by atoms with van der Waals surface area (Å²) < 4.78 is 30.0. The summed E-state index contributed by atoms with van der Waals surface area (Å²) in [6.45, 7) is 8.98. The third-order valence-electron chi connectivity index (χ3n) is 7.68. The number of amides is 1. The smallest absolute Gasteiger partial charge is 0.246 e. The molecule has 0 unspecified atom stereocenters. The highest BCUT2D eigenvalue weighted by molar-refractivity contribution is 5.94. The molecule has 3 aliphatic heterocycles. The third kappa shape index (κ3) is 5.08. The number of piperidine rings is 1. The highest BCUT2D eigenvalue weighted by atomic mass is 19.3. The number of rotatable bonds is 7. The summed E-state index contributed by atoms with van der Waals surface area (Å²) in [7, 11) is 0. The number of β-amino-alcohol motifs (C(OH)–C–C–N with tert-alkyl or cyclic N) is 1. The standard InChI is InChI=1S/C25H35F2N7O2/c1-15(2)19-13-34(10-9-32-6-5-17(35)12-32)24(30-19)16-3-7-33(8-4-16)25-21-18(22(26)27)11-20(36)31-23(21)28-14-29-25/h13-18,22,35H,3-12H2,1-2H3,(H,28,29,31,36)/t17-,18-/m1/s1. The monoisotopic (exact) mass is 503 g/mol. The van der Waals surface area contributed by atoms with Crippen molar-refractivity contribution in [2.24, 2.45) is 0 Å². The van der Waals surface area contributed by atoms with Crippen LogP contribution in [0.1, 0.15) is 74.4 Å². The molecule has 0 spiro atoms. The summed E-state index contributed by atoms with van der Waals surface area (Å²) in [4.78, 5) is 29.7. The first kappa shape index (κ1) is 25.0. The molecule has 5 rings (SSSR count). The lowest BCUT2D eigenvalue weighted by Crippen LogP contribution is -2.37. The number of carbonyl (C=O) groups is 1. The fourth-order valence-corrected chi connectivity index (χ4v) is 5.63. The SMILES string of the molecule is CC(C)c1cn(CCN2CC[C@@H](O)C2)c(C2CCN(c3ncnc4c3[C@H](C(F)F)CC(=O)N4)CC2)n1. The average Bonchev–Trinajstić information content (AvgIpc) is 3.48. The molecule has 2 saturated heterocycles. The highest BCUT2D eigenvalue weighted by Gasteiger charge is 2.37. The van der Waals surface area contributed by atoms with Gasteiger partial charge < -0.3 is 19.9 Å². The highest BCUT2D eigenvalue weighted by Crippen LogP contribution is 2.41. The molecule has 196 valence electrons. The molecule has 2 aromatic rings. The summed E-state index contributed by atoms with van der Waals surface area (Å²) in [5, 5.41) is 12.5. The van der Waals surface area contributed by atoms with Crippen molar-refractivity contribution in [3.8, 4) is 0 Å². The number of aliphatic hydroxyl groups is 1. The molecule has 0 bridgehead atoms. The van der Waals surface area contributed by atoms with E-state index in [2.05, 4.69) is 44.8 Å². The van der Waals surface area contributed by atoms with Crippen LogP contribution >= 0.6 is 0 Å². The number of anilines is 2. The van der Waals surface area contributed by atoms with Crippen LogP contribution in [0.2, 0.25) is 0 Å². The quantitative estimate of drug-likeness (QED) is 0.599. The van der Waals surface area contributed by atoms with Crippen molar-refractivity contribution >= 4 is 17.5 Å². The van der Waals surface area contributed by atoms with E-state index in [1.54, 1.807) is 0 Å². The van der Waals surface area contributed by atoms with Crippen molar-refractivity contribution in [2.45, 2.75) is 76.4 Å². The fourth-order valence-electron chi connectivity index (χ4n) is 5.63. The van der Waals surface area contributed by atoms with E-state index < -0.39 is 18.3 Å². The minimum Gasteiger partial charge on any atom is -0.392 e. The van der Waals surface area contributed by atoms with Gasteiger partial charge in [-0.2, -0.15) is 0 Å². The predicted octanol–water partition coefficient (Wildman–Crippen LogP) is 2.94. The Hall–Kier alpha value is -2.66. The molecular weight excluding hydrogens is 468 g/mol. The zero-order valence-electron chi connectivity index (χ0n) is 20.9. The Bertz CT molecular complexity index is 1080. The Labute approximate surface area is 209 Å². The molecule has 2 fully saturated rings. The van der Waals surface area contributed by atoms with Crippen molar-refractivity contribution in [3.05, 3.63) is 29.6 Å². The second kappa shape index (κ2) is 10.4. The Morgan fingerprint density at radius 1 is 1.14 bits per heavy atom. The lowest BCUT2D eigenvalue weighted by molar-refractivity contribution is -0.117. The largest absolute Gasteiger partial charge is 0.392 e. The minimum atomic E-state index is -2.66. The number of hydrogen-bond acceptors (Lipinski definition) is 7. The van der Waals surface area contributed by atoms with Gasteiger partial charge in [-0.3, -0.25) is 9.69 Å². The van der Waals surface area contributed by atoms with Gasteiger partial charge in [0.1, 0.15) is 23.8 Å². The summed E-state index contributed by atoms with van der Waals surface area (Å²) in [5.41, 5.74) is 1.43. The van der Waals surface area contributed by atoms with Gasteiger partial charge in [0.2, 0.25) is 12.3 Å². The Morgan fingerprint density at radius 2 is 1.92 bits per heavy atom. The number of hydrogen-bond donors (Lipinski definition) is 2. The Balaban J connectivity index is 1.31. The maximum absolute atomic E-state index is 13.8. The topological polar surface area (TPSA) is 99.4 Å². The van der Waals surface area contributed by atoms with Crippen LogP contribution in [0.25, 0.3) is 0 Å². The molecule has 0 saturated carbocycles. The second-order valence-corrected chi connectivity index (χ2v) is 10.5. The van der Waals surface area contributed by atoms with Crippen molar-refractivity contribution < 1.29 is 18.7 Å². The van der Waals surface area contributed by atoms with Crippen LogP contribution in [0.5, 0.6) is 0 Å². The maximum atomic E-state index is 13.8. The van der Waals surface area contributed by atoms with Crippen LogP contribution in [0, 0.1) is 0 Å². The zero-order chi connectivity index (χ0) is 25.4. The van der Waals surface area contributed by atoms with Crippen LogP contribution in [0.4, 0.5) is 20.4 Å². The lowest BCUT2D eigenvalue weighted by atomic mass is 9.91. The number of aliphatic hydroxyl groups excluding tert-OH is 1. The first-order valence-electron chi connectivity index (χ1n) is 12.9. The molecule has 0 aromatic carbocycles. The van der Waals surface area contributed by atoms with E-state index in [9.17, 15) is 18.7 Å². The number of carbonyl (C=O) groups excluding carboxylic acids is 1. The first-order valence-corrected chi connectivity index (χ1v) is 12.9. The first-order chi connectivity index (χ1) is 17.3. The molecule has 5 heterocycles. The molecule has 1 amide bonds. The number of imidazole rings is 1. The number of likely N-dealkylation sites (tertiary alicyclic amines) is 1. The summed E-state index contributed by atoms with van der Waals surface area (Å²) in [5.74, 6) is 0.747. The normalized spacial score (nSPS) is 23.5. The number of nitrogens with zero attached hydrogens (tertiary/aromatic N) is 6. The molecule has 0 radical (unpaired) electrons. The van der Waals surface area contributed by atoms with Crippen LogP contribution in [-0.4, -0.2) is 80.7 Å².